The van der Waals surface area contributed by atoms with Crippen molar-refractivity contribution < 1.29 is 41.8 Å². The van der Waals surface area contributed by atoms with Crippen molar-refractivity contribution in [2.24, 2.45) is 0 Å². The molecule has 14 heteroatoms. The largest absolute Gasteiger partial charge is 0.493 e. The summed E-state index contributed by atoms with van der Waals surface area (Å²) in [5, 5.41) is 15.6. The van der Waals surface area contributed by atoms with Crippen LogP contribution in [0.15, 0.2) is 70.8 Å². The second-order valence-electron chi connectivity index (χ2n) is 8.37. The molecule has 0 aliphatic rings. The van der Waals surface area contributed by atoms with E-state index in [-0.39, 0.29) is 34.5 Å². The number of carbonyl (C=O) groups is 1. The molecule has 2 aromatic carbocycles. The van der Waals surface area contributed by atoms with Crippen molar-refractivity contribution in [3.63, 3.8) is 0 Å². The molecule has 2 N–H and O–H groups in total. The molecule has 0 spiro atoms. The third-order valence-corrected chi connectivity index (χ3v) is 8.75. The number of ether oxygens (including phenoxy) is 3. The SMILES string of the molecule is C.CO.COCCCOc1ccnc(CS(=O)c2nc3ccccc3n2S(=O)(=O)c2ccc(OCC(=O)O)cc2)c1C. The quantitative estimate of drug-likeness (QED) is 0.210. The molecule has 0 aliphatic heterocycles. The van der Waals surface area contributed by atoms with Crippen LogP contribution in [0.5, 0.6) is 11.5 Å². The first-order valence-corrected chi connectivity index (χ1v) is 15.1. The van der Waals surface area contributed by atoms with Gasteiger partial charge in [-0.15, -0.1) is 0 Å². The predicted octanol–water partition coefficient (Wildman–Crippen LogP) is 3.41. The molecule has 1 unspecified atom stereocenters. The molecule has 0 bridgehead atoms. The van der Waals surface area contributed by atoms with E-state index >= 15 is 0 Å². The molecule has 0 radical (unpaired) electrons. The van der Waals surface area contributed by atoms with Crippen LogP contribution in [0, 0.1) is 6.92 Å². The fraction of sp³-hybridized carbons (Fsp3) is 0.321. The van der Waals surface area contributed by atoms with E-state index < -0.39 is 33.4 Å². The third kappa shape index (κ3) is 8.12. The number of aliphatic hydroxyl groups excluding tert-OH is 1. The topological polar surface area (TPSA) is 167 Å². The smallest absolute Gasteiger partial charge is 0.341 e. The van der Waals surface area contributed by atoms with Crippen molar-refractivity contribution in [1.82, 2.24) is 13.9 Å². The molecule has 0 saturated heterocycles. The lowest BCUT2D eigenvalue weighted by Gasteiger charge is -2.13. The number of methoxy groups -OCH3 is 1. The van der Waals surface area contributed by atoms with Crippen LogP contribution in [0.3, 0.4) is 0 Å². The van der Waals surface area contributed by atoms with Crippen molar-refractivity contribution in [1.29, 1.82) is 0 Å². The van der Waals surface area contributed by atoms with E-state index in [1.54, 1.807) is 50.6 Å². The van der Waals surface area contributed by atoms with Crippen LogP contribution in [0.2, 0.25) is 0 Å². The molecule has 0 amide bonds. The number of nitrogens with zero attached hydrogens (tertiary/aromatic N) is 3. The van der Waals surface area contributed by atoms with Crippen LogP contribution in [0.4, 0.5) is 0 Å². The number of carboxylic acid groups (broad SMARTS) is 1. The molecular weight excluding hydrogens is 586 g/mol. The molecule has 2 aromatic heterocycles. The average molecular weight is 622 g/mol. The summed E-state index contributed by atoms with van der Waals surface area (Å²) < 4.78 is 58.1. The van der Waals surface area contributed by atoms with Gasteiger partial charge in [0.1, 0.15) is 11.5 Å². The van der Waals surface area contributed by atoms with Gasteiger partial charge in [-0.2, -0.15) is 0 Å². The Labute approximate surface area is 247 Å². The Hall–Kier alpha value is -3.85. The number of hydrogen-bond acceptors (Lipinski definition) is 10. The lowest BCUT2D eigenvalue weighted by Crippen LogP contribution is -2.18. The Bertz CT molecular complexity index is 1600. The first-order chi connectivity index (χ1) is 19.7. The van der Waals surface area contributed by atoms with Crippen molar-refractivity contribution >= 4 is 37.8 Å². The zero-order valence-electron chi connectivity index (χ0n) is 22.7. The van der Waals surface area contributed by atoms with E-state index in [4.69, 9.17) is 24.4 Å². The van der Waals surface area contributed by atoms with Gasteiger partial charge in [0.2, 0.25) is 5.16 Å². The monoisotopic (exact) mass is 621 g/mol. The maximum absolute atomic E-state index is 13.8. The van der Waals surface area contributed by atoms with Crippen molar-refractivity contribution in [2.45, 2.75) is 36.6 Å². The summed E-state index contributed by atoms with van der Waals surface area (Å²) in [4.78, 5) is 19.4. The van der Waals surface area contributed by atoms with Crippen molar-refractivity contribution in [3.05, 3.63) is 72.1 Å². The van der Waals surface area contributed by atoms with Gasteiger partial charge in [-0.3, -0.25) is 9.19 Å². The number of imidazole rings is 1. The molecular formula is C28H35N3O9S2. The third-order valence-electron chi connectivity index (χ3n) is 5.70. The Morgan fingerprint density at radius 3 is 2.38 bits per heavy atom. The van der Waals surface area contributed by atoms with Crippen LogP contribution >= 0.6 is 0 Å². The highest BCUT2D eigenvalue weighted by Gasteiger charge is 2.28. The summed E-state index contributed by atoms with van der Waals surface area (Å²) >= 11 is 0. The van der Waals surface area contributed by atoms with Gasteiger partial charge in [-0.25, -0.2) is 22.2 Å². The lowest BCUT2D eigenvalue weighted by atomic mass is 10.2. The number of aliphatic carboxylic acids is 1. The van der Waals surface area contributed by atoms with E-state index in [9.17, 15) is 17.4 Å². The Balaban J connectivity index is 0.00000201. The van der Waals surface area contributed by atoms with E-state index in [0.29, 0.717) is 42.2 Å². The van der Waals surface area contributed by atoms with E-state index in [1.165, 1.54) is 24.3 Å². The highest BCUT2D eigenvalue weighted by atomic mass is 32.2. The molecule has 1 atom stereocenters. The molecule has 2 heterocycles. The summed E-state index contributed by atoms with van der Waals surface area (Å²) in [5.41, 5.74) is 1.83. The molecule has 4 aromatic rings. The number of rotatable bonds is 13. The second-order valence-corrected chi connectivity index (χ2v) is 11.5. The number of para-hydroxylation sites is 2. The molecule has 228 valence electrons. The summed E-state index contributed by atoms with van der Waals surface area (Å²) in [6.45, 7) is 2.24. The van der Waals surface area contributed by atoms with E-state index in [2.05, 4.69) is 9.97 Å². The van der Waals surface area contributed by atoms with Crippen LogP contribution in [0.25, 0.3) is 11.0 Å². The van der Waals surface area contributed by atoms with Gasteiger partial charge in [0.05, 0.1) is 44.8 Å². The van der Waals surface area contributed by atoms with Gasteiger partial charge < -0.3 is 24.4 Å². The fourth-order valence-electron chi connectivity index (χ4n) is 3.75. The van der Waals surface area contributed by atoms with Crippen LogP contribution in [-0.2, 0) is 36.1 Å². The number of fused-ring (bicyclic) bond motifs is 1. The Morgan fingerprint density at radius 2 is 1.71 bits per heavy atom. The molecule has 42 heavy (non-hydrogen) atoms. The molecule has 12 nitrogen and oxygen atoms in total. The minimum Gasteiger partial charge on any atom is -0.493 e. The molecule has 0 saturated carbocycles. The summed E-state index contributed by atoms with van der Waals surface area (Å²) in [5.74, 6) is -0.445. The minimum absolute atomic E-state index is 0. The standard InChI is InChI=1S/C26H27N3O8S2.CH4O.CH4/c1-18-22(27-13-12-24(18)36-15-5-14-35-2)17-38(32)26-28-21-6-3-4-7-23(21)29(26)39(33,34)20-10-8-19(9-11-20)37-16-25(30)31;1-2;/h3-4,6-13H,5,14-17H2,1-2H3,(H,30,31);2H,1H3;1H4. The Morgan fingerprint density at radius 1 is 1.02 bits per heavy atom. The first kappa shape index (κ1) is 34.4. The van der Waals surface area contributed by atoms with Gasteiger partial charge in [-0.1, -0.05) is 19.6 Å². The zero-order valence-corrected chi connectivity index (χ0v) is 24.4. The number of benzene rings is 2. The van der Waals surface area contributed by atoms with E-state index in [1.807, 2.05) is 0 Å². The van der Waals surface area contributed by atoms with Crippen LogP contribution in [0.1, 0.15) is 25.1 Å². The zero-order chi connectivity index (χ0) is 30.0. The normalized spacial score (nSPS) is 11.6. The van der Waals surface area contributed by atoms with Crippen LogP contribution in [-0.4, -0.2) is 76.8 Å². The number of aliphatic hydroxyl groups is 1. The average Bonchev–Trinajstić information content (AvgIpc) is 3.38. The molecule has 4 rings (SSSR count). The van der Waals surface area contributed by atoms with Gasteiger partial charge in [-0.05, 0) is 49.4 Å². The van der Waals surface area contributed by atoms with Gasteiger partial charge >= 0.3 is 5.97 Å². The summed E-state index contributed by atoms with van der Waals surface area (Å²) in [6, 6.07) is 13.6. The first-order valence-electron chi connectivity index (χ1n) is 12.3. The van der Waals surface area contributed by atoms with Gasteiger partial charge in [0, 0.05) is 39.0 Å². The van der Waals surface area contributed by atoms with Gasteiger partial charge in [0.15, 0.2) is 6.61 Å². The summed E-state index contributed by atoms with van der Waals surface area (Å²) in [7, 11) is -3.52. The van der Waals surface area contributed by atoms with Crippen molar-refractivity contribution in [3.8, 4) is 11.5 Å². The maximum Gasteiger partial charge on any atom is 0.341 e. The highest BCUT2D eigenvalue weighted by Crippen LogP contribution is 2.28. The van der Waals surface area contributed by atoms with Crippen molar-refractivity contribution in [2.75, 3.05) is 34.0 Å². The molecule has 0 fully saturated rings. The maximum atomic E-state index is 13.8. The van der Waals surface area contributed by atoms with Gasteiger partial charge in [0.25, 0.3) is 10.0 Å². The minimum atomic E-state index is -4.24. The highest BCUT2D eigenvalue weighted by molar-refractivity contribution is 7.91. The van der Waals surface area contributed by atoms with Crippen LogP contribution < -0.4 is 9.47 Å². The van der Waals surface area contributed by atoms with E-state index in [0.717, 1.165) is 11.1 Å². The fourth-order valence-corrected chi connectivity index (χ4v) is 6.80. The Kier molecular flexibility index (Phi) is 13.1. The number of aromatic nitrogens is 3. The summed E-state index contributed by atoms with van der Waals surface area (Å²) in [6.07, 6.45) is 2.26. The molecule has 0 aliphatic carbocycles. The predicted molar refractivity (Wildman–Crippen MR) is 158 cm³/mol. The number of hydrogen-bond donors (Lipinski definition) is 2. The lowest BCUT2D eigenvalue weighted by molar-refractivity contribution is -0.139. The number of carboxylic acids is 1. The number of pyridine rings is 1. The second kappa shape index (κ2) is 16.0.